The topological polar surface area (TPSA) is 93.0 Å². The van der Waals surface area contributed by atoms with Crippen LogP contribution in [-0.2, 0) is 4.74 Å². The van der Waals surface area contributed by atoms with Crippen LogP contribution >= 0.6 is 15.9 Å². The molecule has 8 nitrogen and oxygen atoms in total. The molecule has 0 bridgehead atoms. The molecule has 0 saturated carbocycles. The fourth-order valence-electron chi connectivity index (χ4n) is 2.53. The molecule has 130 valence electrons. The van der Waals surface area contributed by atoms with E-state index in [1.807, 2.05) is 4.90 Å². The van der Waals surface area contributed by atoms with Gasteiger partial charge in [0.25, 0.3) is 5.69 Å². The van der Waals surface area contributed by atoms with Crippen molar-refractivity contribution in [1.82, 2.24) is 4.90 Å². The number of halogens is 1. The number of hydrogen-bond donors (Lipinski definition) is 0. The Bertz CT molecular complexity index is 644. The molecule has 1 heterocycles. The summed E-state index contributed by atoms with van der Waals surface area (Å²) in [5.41, 5.74) is 0.647. The molecule has 1 aliphatic rings. The van der Waals surface area contributed by atoms with Gasteiger partial charge in [0, 0.05) is 37.8 Å². The van der Waals surface area contributed by atoms with Crippen molar-refractivity contribution in [2.45, 2.75) is 6.92 Å². The first-order valence-electron chi connectivity index (χ1n) is 7.52. The molecule has 1 aromatic rings. The normalized spacial score (nSPS) is 14.4. The van der Waals surface area contributed by atoms with Gasteiger partial charge in [0.15, 0.2) is 5.78 Å². The van der Waals surface area contributed by atoms with E-state index in [2.05, 4.69) is 15.9 Å². The summed E-state index contributed by atoms with van der Waals surface area (Å²) in [6, 6.07) is 4.48. The van der Waals surface area contributed by atoms with Crippen LogP contribution in [0.5, 0.6) is 0 Å². The van der Waals surface area contributed by atoms with Gasteiger partial charge in [0.1, 0.15) is 5.69 Å². The second-order valence-electron chi connectivity index (χ2n) is 5.19. The zero-order valence-corrected chi connectivity index (χ0v) is 14.8. The van der Waals surface area contributed by atoms with Gasteiger partial charge < -0.3 is 14.5 Å². The first-order chi connectivity index (χ1) is 11.5. The van der Waals surface area contributed by atoms with Gasteiger partial charge in [-0.25, -0.2) is 4.79 Å². The summed E-state index contributed by atoms with van der Waals surface area (Å²) in [5, 5.41) is 11.5. The number of nitro groups is 1. The number of benzene rings is 1. The highest BCUT2D eigenvalue weighted by atomic mass is 79.9. The average Bonchev–Trinajstić information content (AvgIpc) is 2.60. The SMILES string of the molecule is CCOC(=O)N1CCN(c2ccc(C(=O)CBr)cc2[N+](=O)[O-])CC1. The molecular formula is C15H18BrN3O5. The van der Waals surface area contributed by atoms with Crippen LogP contribution in [0.3, 0.4) is 0 Å². The molecule has 0 atom stereocenters. The number of nitro benzene ring substituents is 1. The Morgan fingerprint density at radius 3 is 2.50 bits per heavy atom. The van der Waals surface area contributed by atoms with Gasteiger partial charge in [0.2, 0.25) is 0 Å². The number of amides is 1. The van der Waals surface area contributed by atoms with Crippen molar-refractivity contribution in [3.05, 3.63) is 33.9 Å². The maximum absolute atomic E-state index is 11.7. The molecule has 0 aliphatic carbocycles. The Kier molecular flexibility index (Phi) is 6.13. The molecule has 0 N–H and O–H groups in total. The smallest absolute Gasteiger partial charge is 0.409 e. The number of Topliss-reactive ketones (excluding diaryl/α,β-unsaturated/α-hetero) is 1. The maximum atomic E-state index is 11.7. The van der Waals surface area contributed by atoms with Crippen LogP contribution in [0.2, 0.25) is 0 Å². The minimum Gasteiger partial charge on any atom is -0.450 e. The fraction of sp³-hybridized carbons (Fsp3) is 0.467. The fourth-order valence-corrected chi connectivity index (χ4v) is 2.86. The maximum Gasteiger partial charge on any atom is 0.409 e. The summed E-state index contributed by atoms with van der Waals surface area (Å²) in [5.74, 6) is -0.211. The van der Waals surface area contributed by atoms with Crippen molar-refractivity contribution < 1.29 is 19.2 Å². The Labute approximate surface area is 147 Å². The van der Waals surface area contributed by atoms with Gasteiger partial charge in [-0.15, -0.1) is 0 Å². The lowest BCUT2D eigenvalue weighted by atomic mass is 10.1. The zero-order valence-electron chi connectivity index (χ0n) is 13.2. The van der Waals surface area contributed by atoms with E-state index in [1.54, 1.807) is 24.0 Å². The standard InChI is InChI=1S/C15H18BrN3O5/c1-2-24-15(21)18-7-5-17(6-8-18)12-4-3-11(14(20)10-16)9-13(12)19(22)23/h3-4,9H,2,5-8,10H2,1H3. The Balaban J connectivity index is 2.16. The highest BCUT2D eigenvalue weighted by Gasteiger charge is 2.27. The van der Waals surface area contributed by atoms with Gasteiger partial charge in [-0.1, -0.05) is 15.9 Å². The highest BCUT2D eigenvalue weighted by Crippen LogP contribution is 2.30. The van der Waals surface area contributed by atoms with Gasteiger partial charge >= 0.3 is 6.09 Å². The lowest BCUT2D eigenvalue weighted by Crippen LogP contribution is -2.49. The summed E-state index contributed by atoms with van der Waals surface area (Å²) in [4.78, 5) is 37.7. The molecule has 0 spiro atoms. The van der Waals surface area contributed by atoms with E-state index in [-0.39, 0.29) is 22.9 Å². The van der Waals surface area contributed by atoms with Crippen LogP contribution in [-0.4, -0.2) is 59.8 Å². The predicted octanol–water partition coefficient (Wildman–Crippen LogP) is 2.45. The van der Waals surface area contributed by atoms with Gasteiger partial charge in [0.05, 0.1) is 16.9 Å². The van der Waals surface area contributed by atoms with E-state index in [1.165, 1.54) is 6.07 Å². The molecule has 0 unspecified atom stereocenters. The number of carbonyl (C=O) groups is 2. The van der Waals surface area contributed by atoms with Gasteiger partial charge in [-0.3, -0.25) is 14.9 Å². The number of nitrogens with zero attached hydrogens (tertiary/aromatic N) is 3. The molecule has 1 aliphatic heterocycles. The Morgan fingerprint density at radius 2 is 1.96 bits per heavy atom. The summed E-state index contributed by atoms with van der Waals surface area (Å²) in [6.45, 7) is 3.84. The highest BCUT2D eigenvalue weighted by molar-refractivity contribution is 9.09. The van der Waals surface area contributed by atoms with E-state index in [0.717, 1.165) is 0 Å². The number of ketones is 1. The summed E-state index contributed by atoms with van der Waals surface area (Å²) in [7, 11) is 0. The lowest BCUT2D eigenvalue weighted by Gasteiger charge is -2.35. The number of anilines is 1. The Morgan fingerprint density at radius 1 is 1.29 bits per heavy atom. The molecule has 0 aromatic heterocycles. The van der Waals surface area contributed by atoms with Crippen LogP contribution in [0.15, 0.2) is 18.2 Å². The minimum absolute atomic E-state index is 0.105. The monoisotopic (exact) mass is 399 g/mol. The van der Waals surface area contributed by atoms with Crippen LogP contribution in [0.4, 0.5) is 16.2 Å². The number of ether oxygens (including phenoxy) is 1. The number of rotatable bonds is 5. The first kappa shape index (κ1) is 18.2. The number of alkyl halides is 1. The second kappa shape index (κ2) is 8.09. The van der Waals surface area contributed by atoms with E-state index in [0.29, 0.717) is 44.0 Å². The molecule has 9 heteroatoms. The lowest BCUT2D eigenvalue weighted by molar-refractivity contribution is -0.384. The average molecular weight is 400 g/mol. The molecule has 1 saturated heterocycles. The second-order valence-corrected chi connectivity index (χ2v) is 5.75. The number of carbonyl (C=O) groups excluding carboxylic acids is 2. The van der Waals surface area contributed by atoms with Crippen molar-refractivity contribution >= 4 is 39.2 Å². The predicted molar refractivity (Wildman–Crippen MR) is 92.0 cm³/mol. The zero-order chi connectivity index (χ0) is 17.7. The number of piperazine rings is 1. The van der Waals surface area contributed by atoms with E-state index in [9.17, 15) is 19.7 Å². The third-order valence-electron chi connectivity index (χ3n) is 3.76. The summed E-state index contributed by atoms with van der Waals surface area (Å²) in [6.07, 6.45) is -0.370. The Hall–Kier alpha value is -2.16. The van der Waals surface area contributed by atoms with Crippen LogP contribution in [0.25, 0.3) is 0 Å². The van der Waals surface area contributed by atoms with Crippen LogP contribution in [0.1, 0.15) is 17.3 Å². The van der Waals surface area contributed by atoms with Gasteiger partial charge in [-0.05, 0) is 19.1 Å². The molecule has 1 amide bonds. The molecule has 1 fully saturated rings. The summed E-state index contributed by atoms with van der Waals surface area (Å²) < 4.78 is 4.96. The van der Waals surface area contributed by atoms with Crippen molar-refractivity contribution in [1.29, 1.82) is 0 Å². The molecule has 1 aromatic carbocycles. The third-order valence-corrected chi connectivity index (χ3v) is 4.27. The van der Waals surface area contributed by atoms with E-state index in [4.69, 9.17) is 4.74 Å². The molecule has 2 rings (SSSR count). The van der Waals surface area contributed by atoms with E-state index < -0.39 is 4.92 Å². The largest absolute Gasteiger partial charge is 0.450 e. The van der Waals surface area contributed by atoms with Crippen molar-refractivity contribution in [2.75, 3.05) is 43.0 Å². The van der Waals surface area contributed by atoms with Crippen LogP contribution in [0, 0.1) is 10.1 Å². The summed E-state index contributed by atoms with van der Waals surface area (Å²) >= 11 is 3.06. The molecular weight excluding hydrogens is 382 g/mol. The third kappa shape index (κ3) is 4.02. The molecule has 0 radical (unpaired) electrons. The first-order valence-corrected chi connectivity index (χ1v) is 8.64. The quantitative estimate of drug-likeness (QED) is 0.326. The van der Waals surface area contributed by atoms with Crippen molar-refractivity contribution in [3.63, 3.8) is 0 Å². The van der Waals surface area contributed by atoms with E-state index >= 15 is 0 Å². The van der Waals surface area contributed by atoms with Crippen molar-refractivity contribution in [2.24, 2.45) is 0 Å². The number of hydrogen-bond acceptors (Lipinski definition) is 6. The molecule has 24 heavy (non-hydrogen) atoms. The van der Waals surface area contributed by atoms with Crippen LogP contribution < -0.4 is 4.90 Å². The van der Waals surface area contributed by atoms with Gasteiger partial charge in [-0.2, -0.15) is 0 Å². The van der Waals surface area contributed by atoms with Crippen molar-refractivity contribution in [3.8, 4) is 0 Å². The minimum atomic E-state index is -0.488.